The molecule has 9 heteroatoms. The van der Waals surface area contributed by atoms with Gasteiger partial charge in [-0.05, 0) is 19.8 Å². The molecule has 0 bridgehead atoms. The first-order chi connectivity index (χ1) is 9.38. The minimum absolute atomic E-state index is 0.00327. The van der Waals surface area contributed by atoms with Crippen LogP contribution in [0.25, 0.3) is 0 Å². The molecule has 1 fully saturated rings. The fourth-order valence-corrected chi connectivity index (χ4v) is 4.38. The molecule has 2 heterocycles. The highest BCUT2D eigenvalue weighted by Gasteiger charge is 2.28. The molecule has 0 atom stereocenters. The Morgan fingerprint density at radius 2 is 2.20 bits per heavy atom. The van der Waals surface area contributed by atoms with E-state index in [0.29, 0.717) is 16.7 Å². The number of aromatic nitrogens is 3. The molecule has 1 saturated carbocycles. The second kappa shape index (κ2) is 4.45. The first-order valence-corrected chi connectivity index (χ1v) is 8.52. The van der Waals surface area contributed by atoms with Gasteiger partial charge in [-0.3, -0.25) is 9.40 Å². The van der Waals surface area contributed by atoms with Crippen molar-refractivity contribution in [3.05, 3.63) is 16.8 Å². The van der Waals surface area contributed by atoms with Crippen LogP contribution in [0.4, 0.5) is 10.9 Å². The SMILES string of the molecule is Cc1c(S(=O)(=O)Nc2nc(C3CC3)cs2)c(N)nn1C. The average molecular weight is 313 g/mol. The van der Waals surface area contributed by atoms with Gasteiger partial charge in [0.05, 0.1) is 11.4 Å². The highest BCUT2D eigenvalue weighted by molar-refractivity contribution is 7.93. The number of rotatable bonds is 4. The van der Waals surface area contributed by atoms with Crippen molar-refractivity contribution >= 4 is 32.3 Å². The number of thiazole rings is 1. The minimum atomic E-state index is -3.76. The summed E-state index contributed by atoms with van der Waals surface area (Å²) in [6, 6.07) is 0. The third-order valence-corrected chi connectivity index (χ3v) is 5.72. The molecule has 0 unspecified atom stereocenters. The lowest BCUT2D eigenvalue weighted by atomic mass is 10.3. The third-order valence-electron chi connectivity index (χ3n) is 3.31. The summed E-state index contributed by atoms with van der Waals surface area (Å²) < 4.78 is 28.7. The van der Waals surface area contributed by atoms with Gasteiger partial charge in [0.2, 0.25) is 0 Å². The Bertz CT molecular complexity index is 758. The second-order valence-electron chi connectivity index (χ2n) is 4.88. The van der Waals surface area contributed by atoms with Gasteiger partial charge in [0, 0.05) is 18.3 Å². The van der Waals surface area contributed by atoms with E-state index >= 15 is 0 Å². The van der Waals surface area contributed by atoms with Crippen LogP contribution in [0.3, 0.4) is 0 Å². The molecule has 2 aromatic rings. The zero-order valence-electron chi connectivity index (χ0n) is 11.1. The molecule has 108 valence electrons. The van der Waals surface area contributed by atoms with Gasteiger partial charge >= 0.3 is 0 Å². The average Bonchev–Trinajstić information content (AvgIpc) is 3.03. The summed E-state index contributed by atoms with van der Waals surface area (Å²) in [5, 5.41) is 6.19. The van der Waals surface area contributed by atoms with Crippen LogP contribution in [-0.4, -0.2) is 23.2 Å². The van der Waals surface area contributed by atoms with E-state index in [1.54, 1.807) is 14.0 Å². The first kappa shape index (κ1) is 13.4. The van der Waals surface area contributed by atoms with Crippen molar-refractivity contribution in [2.45, 2.75) is 30.6 Å². The Morgan fingerprint density at radius 3 is 2.75 bits per heavy atom. The molecular formula is C11H15N5O2S2. The van der Waals surface area contributed by atoms with E-state index in [4.69, 9.17) is 5.73 Å². The number of aryl methyl sites for hydroxylation is 1. The number of anilines is 2. The van der Waals surface area contributed by atoms with Crippen LogP contribution in [0.15, 0.2) is 10.3 Å². The Morgan fingerprint density at radius 1 is 1.50 bits per heavy atom. The van der Waals surface area contributed by atoms with Crippen LogP contribution in [0.2, 0.25) is 0 Å². The monoisotopic (exact) mass is 313 g/mol. The highest BCUT2D eigenvalue weighted by atomic mass is 32.2. The molecule has 0 radical (unpaired) electrons. The summed E-state index contributed by atoms with van der Waals surface area (Å²) in [6.07, 6.45) is 2.26. The van der Waals surface area contributed by atoms with Gasteiger partial charge < -0.3 is 5.73 Å². The summed E-state index contributed by atoms with van der Waals surface area (Å²) in [5.74, 6) is 0.492. The van der Waals surface area contributed by atoms with Crippen molar-refractivity contribution in [2.75, 3.05) is 10.5 Å². The fourth-order valence-electron chi connectivity index (χ4n) is 2.01. The summed E-state index contributed by atoms with van der Waals surface area (Å²) in [4.78, 5) is 4.33. The zero-order chi connectivity index (χ0) is 14.5. The number of sulfonamides is 1. The van der Waals surface area contributed by atoms with E-state index in [0.717, 1.165) is 18.5 Å². The lowest BCUT2D eigenvalue weighted by Crippen LogP contribution is -2.15. The number of nitrogens with one attached hydrogen (secondary N) is 1. The maximum Gasteiger partial charge on any atom is 0.269 e. The Kier molecular flexibility index (Phi) is 2.98. The summed E-state index contributed by atoms with van der Waals surface area (Å²) in [6.45, 7) is 1.66. The van der Waals surface area contributed by atoms with Crippen LogP contribution in [0.5, 0.6) is 0 Å². The molecule has 20 heavy (non-hydrogen) atoms. The second-order valence-corrected chi connectivity index (χ2v) is 7.36. The molecule has 0 amide bonds. The molecule has 0 spiro atoms. The van der Waals surface area contributed by atoms with Gasteiger partial charge in [0.15, 0.2) is 15.8 Å². The summed E-state index contributed by atoms with van der Waals surface area (Å²) >= 11 is 1.29. The normalized spacial score (nSPS) is 15.5. The lowest BCUT2D eigenvalue weighted by Gasteiger charge is -2.05. The topological polar surface area (TPSA) is 103 Å². The lowest BCUT2D eigenvalue weighted by molar-refractivity contribution is 0.600. The molecule has 7 nitrogen and oxygen atoms in total. The van der Waals surface area contributed by atoms with Crippen molar-refractivity contribution in [1.29, 1.82) is 0 Å². The fraction of sp³-hybridized carbons (Fsp3) is 0.455. The Labute approximate surface area is 120 Å². The van der Waals surface area contributed by atoms with Crippen molar-refractivity contribution in [1.82, 2.24) is 14.8 Å². The summed E-state index contributed by atoms with van der Waals surface area (Å²) in [5.41, 5.74) is 7.13. The van der Waals surface area contributed by atoms with E-state index in [1.807, 2.05) is 5.38 Å². The van der Waals surface area contributed by atoms with Crippen LogP contribution < -0.4 is 10.5 Å². The largest absolute Gasteiger partial charge is 0.381 e. The molecule has 2 aromatic heterocycles. The van der Waals surface area contributed by atoms with E-state index in [-0.39, 0.29) is 10.7 Å². The van der Waals surface area contributed by atoms with Crippen molar-refractivity contribution in [2.24, 2.45) is 7.05 Å². The number of hydrogen-bond donors (Lipinski definition) is 2. The Balaban J connectivity index is 1.91. The quantitative estimate of drug-likeness (QED) is 0.889. The van der Waals surface area contributed by atoms with Gasteiger partial charge in [-0.25, -0.2) is 13.4 Å². The van der Waals surface area contributed by atoms with Crippen LogP contribution in [0.1, 0.15) is 30.1 Å². The molecule has 0 aliphatic heterocycles. The van der Waals surface area contributed by atoms with Crippen molar-refractivity contribution in [3.63, 3.8) is 0 Å². The van der Waals surface area contributed by atoms with E-state index in [2.05, 4.69) is 14.8 Å². The Hall–Kier alpha value is -1.61. The zero-order valence-corrected chi connectivity index (χ0v) is 12.8. The number of nitrogens with two attached hydrogens (primary N) is 1. The van der Waals surface area contributed by atoms with Crippen LogP contribution in [0, 0.1) is 6.92 Å². The predicted molar refractivity (Wildman–Crippen MR) is 77.3 cm³/mol. The maximum atomic E-state index is 12.4. The third kappa shape index (κ3) is 2.27. The molecule has 0 saturated heterocycles. The highest BCUT2D eigenvalue weighted by Crippen LogP contribution is 2.41. The molecule has 3 N–H and O–H groups in total. The summed E-state index contributed by atoms with van der Waals surface area (Å²) in [7, 11) is -2.10. The number of nitrogens with zero attached hydrogens (tertiary/aromatic N) is 3. The minimum Gasteiger partial charge on any atom is -0.381 e. The van der Waals surface area contributed by atoms with Gasteiger partial charge in [0.1, 0.15) is 0 Å². The van der Waals surface area contributed by atoms with Crippen LogP contribution >= 0.6 is 11.3 Å². The van der Waals surface area contributed by atoms with Crippen molar-refractivity contribution < 1.29 is 8.42 Å². The standard InChI is InChI=1S/C11H15N5O2S2/c1-6-9(10(12)14-16(6)2)20(17,18)15-11-13-8(5-19-11)7-3-4-7/h5,7H,3-4H2,1-2H3,(H2,12,14)(H,13,15). The van der Waals surface area contributed by atoms with Gasteiger partial charge in [0.25, 0.3) is 10.0 Å². The molecule has 1 aliphatic rings. The maximum absolute atomic E-state index is 12.4. The number of hydrogen-bond acceptors (Lipinski definition) is 6. The van der Waals surface area contributed by atoms with E-state index < -0.39 is 10.0 Å². The van der Waals surface area contributed by atoms with Crippen molar-refractivity contribution in [3.8, 4) is 0 Å². The van der Waals surface area contributed by atoms with E-state index in [9.17, 15) is 8.42 Å². The number of nitrogen functional groups attached to an aromatic ring is 1. The van der Waals surface area contributed by atoms with Gasteiger partial charge in [-0.1, -0.05) is 0 Å². The van der Waals surface area contributed by atoms with Gasteiger partial charge in [-0.15, -0.1) is 11.3 Å². The molecule has 3 rings (SSSR count). The smallest absolute Gasteiger partial charge is 0.269 e. The predicted octanol–water partition coefficient (Wildman–Crippen LogP) is 1.45. The molecule has 1 aliphatic carbocycles. The van der Waals surface area contributed by atoms with E-state index in [1.165, 1.54) is 16.0 Å². The molecular weight excluding hydrogens is 298 g/mol. The van der Waals surface area contributed by atoms with Gasteiger partial charge in [-0.2, -0.15) is 5.10 Å². The molecule has 0 aromatic carbocycles. The first-order valence-electron chi connectivity index (χ1n) is 6.16. The van der Waals surface area contributed by atoms with Crippen LogP contribution in [-0.2, 0) is 17.1 Å².